The van der Waals surface area contributed by atoms with Gasteiger partial charge in [0.25, 0.3) is 5.82 Å². The van der Waals surface area contributed by atoms with Crippen molar-refractivity contribution in [1.29, 1.82) is 0 Å². The van der Waals surface area contributed by atoms with Crippen molar-refractivity contribution >= 4 is 11.6 Å². The fraction of sp³-hybridized carbons (Fsp3) is 0. The zero-order valence-electron chi connectivity index (χ0n) is 4.14. The third kappa shape index (κ3) is 0.784. The van der Waals surface area contributed by atoms with Gasteiger partial charge in [0.2, 0.25) is 0 Å². The van der Waals surface area contributed by atoms with Gasteiger partial charge in [-0.05, 0) is 4.92 Å². The van der Waals surface area contributed by atoms with Crippen LogP contribution in [0.5, 0.6) is 0 Å². The second-order valence-corrected chi connectivity index (χ2v) is 1.23. The van der Waals surface area contributed by atoms with Gasteiger partial charge in [-0.1, -0.05) is 0 Å². The first-order chi connectivity index (χ1) is 4.22. The zero-order chi connectivity index (χ0) is 6.85. The Morgan fingerprint density at radius 2 is 2.33 bits per heavy atom. The van der Waals surface area contributed by atoms with E-state index in [1.807, 2.05) is 0 Å². The highest BCUT2D eigenvalue weighted by Crippen LogP contribution is 2.12. The van der Waals surface area contributed by atoms with Crippen LogP contribution >= 0.6 is 0 Å². The standard InChI is InChI=1S/C2H2N4O3/c3-1-2(6(7)8)5-9-4-1/h(H2,3,4). The van der Waals surface area contributed by atoms with Crippen molar-refractivity contribution in [2.24, 2.45) is 0 Å². The minimum atomic E-state index is -0.772. The fourth-order valence-corrected chi connectivity index (χ4v) is 0.318. The number of anilines is 1. The summed E-state index contributed by atoms with van der Waals surface area (Å²) < 4.78 is 3.94. The van der Waals surface area contributed by atoms with Crippen molar-refractivity contribution < 1.29 is 9.55 Å². The fourth-order valence-electron chi connectivity index (χ4n) is 0.318. The molecule has 0 aliphatic carbocycles. The number of aromatic nitrogens is 2. The molecule has 0 fully saturated rings. The molecule has 0 aliphatic rings. The summed E-state index contributed by atoms with van der Waals surface area (Å²) in [6, 6.07) is 0. The van der Waals surface area contributed by atoms with E-state index in [4.69, 9.17) is 5.73 Å². The summed E-state index contributed by atoms with van der Waals surface area (Å²) in [7, 11) is 0. The van der Waals surface area contributed by atoms with Gasteiger partial charge in [-0.15, -0.1) is 4.63 Å². The van der Waals surface area contributed by atoms with Crippen LogP contribution in [0.1, 0.15) is 0 Å². The van der Waals surface area contributed by atoms with Crippen molar-refractivity contribution in [2.45, 2.75) is 0 Å². The molecule has 0 spiro atoms. The molecule has 0 unspecified atom stereocenters. The number of nitrogens with two attached hydrogens (primary N) is 1. The van der Waals surface area contributed by atoms with E-state index < -0.39 is 10.7 Å². The molecule has 0 saturated heterocycles. The highest BCUT2D eigenvalue weighted by molar-refractivity contribution is 5.42. The molecular weight excluding hydrogens is 128 g/mol. The van der Waals surface area contributed by atoms with Gasteiger partial charge < -0.3 is 15.8 Å². The van der Waals surface area contributed by atoms with Gasteiger partial charge in [0.15, 0.2) is 5.16 Å². The van der Waals surface area contributed by atoms with Gasteiger partial charge in [-0.2, -0.15) is 0 Å². The van der Waals surface area contributed by atoms with E-state index in [-0.39, 0.29) is 5.82 Å². The third-order valence-corrected chi connectivity index (χ3v) is 0.669. The van der Waals surface area contributed by atoms with Gasteiger partial charge in [0.05, 0.1) is 0 Å². The minimum Gasteiger partial charge on any atom is -0.374 e. The molecule has 0 bridgehead atoms. The second-order valence-electron chi connectivity index (χ2n) is 1.23. The van der Waals surface area contributed by atoms with Crippen LogP contribution in [0.4, 0.5) is 11.6 Å². The summed E-state index contributed by atoms with van der Waals surface area (Å²) in [5.41, 5.74) is 4.93. The third-order valence-electron chi connectivity index (χ3n) is 0.669. The van der Waals surface area contributed by atoms with Crippen molar-refractivity contribution in [3.63, 3.8) is 0 Å². The Morgan fingerprint density at radius 3 is 2.56 bits per heavy atom. The van der Waals surface area contributed by atoms with Crippen molar-refractivity contribution in [3.05, 3.63) is 10.1 Å². The largest absolute Gasteiger partial charge is 0.458 e. The van der Waals surface area contributed by atoms with E-state index in [9.17, 15) is 10.1 Å². The summed E-state index contributed by atoms with van der Waals surface area (Å²) in [4.78, 5) is 9.07. The first-order valence-electron chi connectivity index (χ1n) is 1.94. The number of rotatable bonds is 1. The van der Waals surface area contributed by atoms with Gasteiger partial charge in [-0.3, -0.25) is 0 Å². The van der Waals surface area contributed by atoms with E-state index >= 15 is 0 Å². The smallest absolute Gasteiger partial charge is 0.374 e. The Balaban J connectivity index is 3.08. The molecular formula is C2H2N4O3. The molecule has 0 aromatic carbocycles. The topological polar surface area (TPSA) is 108 Å². The summed E-state index contributed by atoms with van der Waals surface area (Å²) in [6.45, 7) is 0. The molecule has 0 saturated carbocycles. The molecule has 1 rings (SSSR count). The summed E-state index contributed by atoms with van der Waals surface area (Å²) in [6.07, 6.45) is 0. The summed E-state index contributed by atoms with van der Waals surface area (Å²) in [5, 5.41) is 15.7. The van der Waals surface area contributed by atoms with Crippen molar-refractivity contribution in [3.8, 4) is 0 Å². The molecule has 48 valence electrons. The number of hydrogen-bond donors (Lipinski definition) is 1. The molecule has 7 nitrogen and oxygen atoms in total. The van der Waals surface area contributed by atoms with E-state index in [1.165, 1.54) is 0 Å². The lowest BCUT2D eigenvalue weighted by molar-refractivity contribution is -0.389. The van der Waals surface area contributed by atoms with Crippen LogP contribution < -0.4 is 5.73 Å². The van der Waals surface area contributed by atoms with Crippen molar-refractivity contribution in [2.75, 3.05) is 5.73 Å². The lowest BCUT2D eigenvalue weighted by Gasteiger charge is -1.82. The maximum absolute atomic E-state index is 9.85. The van der Waals surface area contributed by atoms with E-state index in [1.54, 1.807) is 0 Å². The number of nitrogens with zero attached hydrogens (tertiary/aromatic N) is 3. The van der Waals surface area contributed by atoms with Crippen LogP contribution in [0.25, 0.3) is 0 Å². The molecule has 0 aliphatic heterocycles. The molecule has 0 amide bonds. The zero-order valence-corrected chi connectivity index (χ0v) is 4.14. The Bertz CT molecular complexity index is 229. The number of nitro groups is 1. The number of hydrogen-bond acceptors (Lipinski definition) is 6. The lowest BCUT2D eigenvalue weighted by atomic mass is 10.7. The van der Waals surface area contributed by atoms with Crippen LogP contribution in [0.15, 0.2) is 4.63 Å². The molecule has 7 heteroatoms. The predicted octanol–water partition coefficient (Wildman–Crippen LogP) is -0.440. The summed E-state index contributed by atoms with van der Waals surface area (Å²) >= 11 is 0. The normalized spacial score (nSPS) is 9.33. The first-order valence-corrected chi connectivity index (χ1v) is 1.94. The Labute approximate surface area is 48.6 Å². The quantitative estimate of drug-likeness (QED) is 0.407. The molecule has 1 heterocycles. The molecule has 2 N–H and O–H groups in total. The Kier molecular flexibility index (Phi) is 1.03. The van der Waals surface area contributed by atoms with Gasteiger partial charge in [-0.25, -0.2) is 0 Å². The van der Waals surface area contributed by atoms with E-state index in [0.29, 0.717) is 0 Å². The molecule has 0 atom stereocenters. The van der Waals surface area contributed by atoms with Crippen molar-refractivity contribution in [1.82, 2.24) is 10.3 Å². The van der Waals surface area contributed by atoms with Crippen LogP contribution in [0.3, 0.4) is 0 Å². The minimum absolute atomic E-state index is 0.306. The SMILES string of the molecule is Nc1nonc1[N+](=O)[O-]. The van der Waals surface area contributed by atoms with Crippen LogP contribution in [-0.4, -0.2) is 15.2 Å². The summed E-state index contributed by atoms with van der Waals surface area (Å²) in [5.74, 6) is -0.852. The lowest BCUT2D eigenvalue weighted by Crippen LogP contribution is -1.93. The van der Waals surface area contributed by atoms with E-state index in [0.717, 1.165) is 0 Å². The molecule has 0 radical (unpaired) electrons. The molecule has 1 aromatic rings. The first kappa shape index (κ1) is 5.48. The second kappa shape index (κ2) is 1.69. The van der Waals surface area contributed by atoms with Gasteiger partial charge in [0.1, 0.15) is 0 Å². The van der Waals surface area contributed by atoms with Crippen LogP contribution in [0, 0.1) is 10.1 Å². The van der Waals surface area contributed by atoms with E-state index in [2.05, 4.69) is 14.9 Å². The Hall–Kier alpha value is -1.66. The van der Waals surface area contributed by atoms with Gasteiger partial charge >= 0.3 is 5.82 Å². The van der Waals surface area contributed by atoms with Crippen LogP contribution in [0.2, 0.25) is 0 Å². The average molecular weight is 130 g/mol. The highest BCUT2D eigenvalue weighted by Gasteiger charge is 2.17. The maximum atomic E-state index is 9.85. The highest BCUT2D eigenvalue weighted by atomic mass is 16.6. The number of nitrogen functional groups attached to an aromatic ring is 1. The molecule has 1 aromatic heterocycles. The van der Waals surface area contributed by atoms with Gasteiger partial charge in [0, 0.05) is 5.16 Å². The predicted molar refractivity (Wildman–Crippen MR) is 25.4 cm³/mol. The maximum Gasteiger partial charge on any atom is 0.458 e. The van der Waals surface area contributed by atoms with Crippen LogP contribution in [-0.2, 0) is 0 Å². The molecule has 9 heavy (non-hydrogen) atoms. The monoisotopic (exact) mass is 130 g/mol. The Morgan fingerprint density at radius 1 is 1.67 bits per heavy atom. The average Bonchev–Trinajstić information content (AvgIpc) is 2.13.